The number of alkyl halides is 3. The zero-order valence-electron chi connectivity index (χ0n) is 18.6. The van der Waals surface area contributed by atoms with Crippen molar-refractivity contribution in [3.63, 3.8) is 0 Å². The predicted octanol–water partition coefficient (Wildman–Crippen LogP) is 5.21. The molecule has 1 aliphatic heterocycles. The van der Waals surface area contributed by atoms with Gasteiger partial charge in [-0.2, -0.15) is 18.4 Å². The molecule has 0 N–H and O–H groups in total. The molecule has 0 aromatic heterocycles. The molecule has 2 aliphatic rings. The van der Waals surface area contributed by atoms with Crippen molar-refractivity contribution in [1.82, 2.24) is 0 Å². The van der Waals surface area contributed by atoms with E-state index < -0.39 is 34.7 Å². The quantitative estimate of drug-likeness (QED) is 0.319. The molecule has 1 saturated carbocycles. The molecule has 1 aliphatic carbocycles. The van der Waals surface area contributed by atoms with Gasteiger partial charge in [0.15, 0.2) is 5.11 Å². The van der Waals surface area contributed by atoms with Crippen LogP contribution in [-0.4, -0.2) is 29.1 Å². The van der Waals surface area contributed by atoms with E-state index in [2.05, 4.69) is 0 Å². The molecule has 1 amide bonds. The molecule has 2 aromatic carbocycles. The number of nitriles is 1. The fourth-order valence-electron chi connectivity index (χ4n) is 4.30. The summed E-state index contributed by atoms with van der Waals surface area (Å²) >= 11 is 5.61. The Kier molecular flexibility index (Phi) is 6.38. The largest absolute Gasteiger partial charge is 0.463 e. The molecular formula is C25H20F3N3O3S. The summed E-state index contributed by atoms with van der Waals surface area (Å²) in [5.41, 5.74) is -1.31. The van der Waals surface area contributed by atoms with Crippen LogP contribution in [0.5, 0.6) is 0 Å². The van der Waals surface area contributed by atoms with Crippen LogP contribution in [0.2, 0.25) is 0 Å². The summed E-state index contributed by atoms with van der Waals surface area (Å²) in [7, 11) is 0. The Labute approximate surface area is 205 Å². The van der Waals surface area contributed by atoms with Gasteiger partial charge >= 0.3 is 12.1 Å². The van der Waals surface area contributed by atoms with E-state index in [9.17, 15) is 22.8 Å². The second-order valence-electron chi connectivity index (χ2n) is 8.16. The molecule has 2 aromatic rings. The number of esters is 1. The molecule has 180 valence electrons. The molecule has 4 rings (SSSR count). The van der Waals surface area contributed by atoms with Gasteiger partial charge in [0.25, 0.3) is 5.91 Å². The zero-order chi connectivity index (χ0) is 25.4. The molecule has 0 atom stereocenters. The normalized spacial score (nSPS) is 17.1. The van der Waals surface area contributed by atoms with Gasteiger partial charge in [-0.15, -0.1) is 0 Å². The van der Waals surface area contributed by atoms with Crippen molar-refractivity contribution in [2.45, 2.75) is 37.9 Å². The number of hydrogen-bond donors (Lipinski definition) is 0. The van der Waals surface area contributed by atoms with E-state index in [0.717, 1.165) is 29.0 Å². The van der Waals surface area contributed by atoms with Crippen molar-refractivity contribution in [3.8, 4) is 6.07 Å². The van der Waals surface area contributed by atoms with Crippen LogP contribution in [0.1, 0.15) is 42.9 Å². The van der Waals surface area contributed by atoms with Gasteiger partial charge in [0, 0.05) is 11.8 Å². The van der Waals surface area contributed by atoms with Crippen LogP contribution in [0.3, 0.4) is 0 Å². The first kappa shape index (κ1) is 24.4. The number of ether oxygens (including phenoxy) is 1. The first-order valence-corrected chi connectivity index (χ1v) is 11.3. The third-order valence-electron chi connectivity index (χ3n) is 6.13. The molecule has 10 heteroatoms. The standard InChI is InChI=1S/C25H20F3N3O3S/c1-2-34-21(32)11-6-16-4-8-18(9-5-16)31-23(35)30(22(33)24(31)12-3-13-24)19-10-7-17(15-29)20(14-19)25(26,27)28/h4-11,14H,2-3,12-13H2,1H3. The highest BCUT2D eigenvalue weighted by molar-refractivity contribution is 7.81. The molecular weight excluding hydrogens is 479 g/mol. The molecule has 0 radical (unpaired) electrons. The van der Waals surface area contributed by atoms with Gasteiger partial charge in [-0.1, -0.05) is 12.1 Å². The van der Waals surface area contributed by atoms with Crippen molar-refractivity contribution < 1.29 is 27.5 Å². The van der Waals surface area contributed by atoms with Gasteiger partial charge in [-0.05, 0) is 80.4 Å². The highest BCUT2D eigenvalue weighted by Gasteiger charge is 2.59. The Morgan fingerprint density at radius 3 is 2.40 bits per heavy atom. The van der Waals surface area contributed by atoms with Gasteiger partial charge in [-0.3, -0.25) is 9.69 Å². The lowest BCUT2D eigenvalue weighted by Gasteiger charge is -2.43. The summed E-state index contributed by atoms with van der Waals surface area (Å²) in [6.45, 7) is 1.98. The van der Waals surface area contributed by atoms with Crippen LogP contribution in [0.25, 0.3) is 6.08 Å². The molecule has 1 spiro atoms. The second kappa shape index (κ2) is 9.15. The number of thiocarbonyl (C=S) groups is 1. The Morgan fingerprint density at radius 2 is 1.86 bits per heavy atom. The van der Waals surface area contributed by atoms with E-state index in [1.807, 2.05) is 0 Å². The number of hydrogen-bond acceptors (Lipinski definition) is 5. The summed E-state index contributed by atoms with van der Waals surface area (Å²) < 4.78 is 45.4. The van der Waals surface area contributed by atoms with Crippen LogP contribution < -0.4 is 9.80 Å². The van der Waals surface area contributed by atoms with E-state index in [-0.39, 0.29) is 17.4 Å². The number of amides is 1. The first-order valence-electron chi connectivity index (χ1n) is 10.9. The molecule has 1 saturated heterocycles. The monoisotopic (exact) mass is 499 g/mol. The van der Waals surface area contributed by atoms with Crippen LogP contribution in [0, 0.1) is 11.3 Å². The molecule has 1 heterocycles. The summed E-state index contributed by atoms with van der Waals surface area (Å²) in [6, 6.07) is 11.7. The van der Waals surface area contributed by atoms with Crippen molar-refractivity contribution in [3.05, 3.63) is 65.2 Å². The highest BCUT2D eigenvalue weighted by Crippen LogP contribution is 2.48. The van der Waals surface area contributed by atoms with Crippen molar-refractivity contribution in [2.24, 2.45) is 0 Å². The number of carbonyl (C=O) groups is 2. The van der Waals surface area contributed by atoms with Gasteiger partial charge in [-0.25, -0.2) is 4.79 Å². The topological polar surface area (TPSA) is 73.6 Å². The number of nitrogens with zero attached hydrogens (tertiary/aromatic N) is 3. The summed E-state index contributed by atoms with van der Waals surface area (Å²) in [6.07, 6.45) is -0.0614. The Morgan fingerprint density at radius 1 is 1.20 bits per heavy atom. The summed E-state index contributed by atoms with van der Waals surface area (Å²) in [4.78, 5) is 27.9. The molecule has 0 bridgehead atoms. The number of halogens is 3. The summed E-state index contributed by atoms with van der Waals surface area (Å²) in [5, 5.41) is 9.16. The minimum Gasteiger partial charge on any atom is -0.463 e. The minimum atomic E-state index is -4.76. The maximum atomic E-state index is 13.5. The van der Waals surface area contributed by atoms with Crippen molar-refractivity contribution in [1.29, 1.82) is 5.26 Å². The van der Waals surface area contributed by atoms with Gasteiger partial charge < -0.3 is 9.64 Å². The van der Waals surface area contributed by atoms with Crippen LogP contribution in [0.4, 0.5) is 24.5 Å². The summed E-state index contributed by atoms with van der Waals surface area (Å²) in [5.74, 6) is -0.856. The number of carbonyl (C=O) groups excluding carboxylic acids is 2. The van der Waals surface area contributed by atoms with E-state index in [0.29, 0.717) is 18.5 Å². The molecule has 6 nitrogen and oxygen atoms in total. The van der Waals surface area contributed by atoms with Crippen LogP contribution >= 0.6 is 12.2 Å². The molecule has 2 fully saturated rings. The highest BCUT2D eigenvalue weighted by atomic mass is 32.1. The minimum absolute atomic E-state index is 0.0332. The van der Waals surface area contributed by atoms with E-state index >= 15 is 0 Å². The lowest BCUT2D eigenvalue weighted by molar-refractivity contribution is -0.138. The Balaban J connectivity index is 1.68. The predicted molar refractivity (Wildman–Crippen MR) is 127 cm³/mol. The Bertz CT molecular complexity index is 1260. The van der Waals surface area contributed by atoms with E-state index in [1.54, 1.807) is 48.2 Å². The third kappa shape index (κ3) is 4.28. The fourth-order valence-corrected chi connectivity index (χ4v) is 4.77. The molecule has 0 unspecified atom stereocenters. The number of benzene rings is 2. The van der Waals surface area contributed by atoms with E-state index in [1.165, 1.54) is 12.1 Å². The SMILES string of the molecule is CCOC(=O)C=Cc1ccc(N2C(=S)N(c3ccc(C#N)c(C(F)(F)F)c3)C(=O)C23CCC3)cc1. The fraction of sp³-hybridized carbons (Fsp3) is 0.280. The van der Waals surface area contributed by atoms with Crippen molar-refractivity contribution in [2.75, 3.05) is 16.4 Å². The first-order chi connectivity index (χ1) is 16.6. The van der Waals surface area contributed by atoms with Crippen molar-refractivity contribution >= 4 is 46.7 Å². The van der Waals surface area contributed by atoms with Crippen LogP contribution in [0.15, 0.2) is 48.5 Å². The van der Waals surface area contributed by atoms with Gasteiger partial charge in [0.2, 0.25) is 0 Å². The lowest BCUT2D eigenvalue weighted by Crippen LogP contribution is -2.55. The smallest absolute Gasteiger partial charge is 0.417 e. The number of rotatable bonds is 5. The second-order valence-corrected chi connectivity index (χ2v) is 8.53. The van der Waals surface area contributed by atoms with Gasteiger partial charge in [0.1, 0.15) is 5.54 Å². The number of anilines is 2. The third-order valence-corrected chi connectivity index (χ3v) is 6.49. The zero-order valence-corrected chi connectivity index (χ0v) is 19.4. The Hall–Kier alpha value is -3.71. The average molecular weight is 500 g/mol. The van der Waals surface area contributed by atoms with Gasteiger partial charge in [0.05, 0.1) is 29.5 Å². The van der Waals surface area contributed by atoms with E-state index in [4.69, 9.17) is 22.2 Å². The maximum Gasteiger partial charge on any atom is 0.417 e. The lowest BCUT2D eigenvalue weighted by atomic mass is 9.75. The molecule has 35 heavy (non-hydrogen) atoms. The van der Waals surface area contributed by atoms with Crippen LogP contribution in [-0.2, 0) is 20.5 Å². The average Bonchev–Trinajstić information content (AvgIpc) is 3.04. The maximum absolute atomic E-state index is 13.5.